The second-order valence-electron chi connectivity index (χ2n) is 7.70. The fourth-order valence-corrected chi connectivity index (χ4v) is 3.95. The molecule has 1 aromatic heterocycles. The molecule has 1 aliphatic rings. The summed E-state index contributed by atoms with van der Waals surface area (Å²) in [7, 11) is 0. The van der Waals surface area contributed by atoms with Crippen LogP contribution in [0.3, 0.4) is 0 Å². The summed E-state index contributed by atoms with van der Waals surface area (Å²) in [6.45, 7) is 4.04. The Morgan fingerprint density at radius 2 is 1.88 bits per heavy atom. The molecule has 0 aliphatic carbocycles. The molecule has 0 bridgehead atoms. The molecule has 32 heavy (non-hydrogen) atoms. The highest BCUT2D eigenvalue weighted by Crippen LogP contribution is 2.33. The van der Waals surface area contributed by atoms with Gasteiger partial charge in [0.1, 0.15) is 0 Å². The number of hydrogen-bond donors (Lipinski definition) is 1. The van der Waals surface area contributed by atoms with Gasteiger partial charge in [-0.25, -0.2) is 0 Å². The zero-order chi connectivity index (χ0) is 22.7. The van der Waals surface area contributed by atoms with Crippen LogP contribution in [0.5, 0.6) is 0 Å². The molecule has 0 atom stereocenters. The van der Waals surface area contributed by atoms with Gasteiger partial charge in [-0.05, 0) is 31.2 Å². The molecule has 4 rings (SSSR count). The SMILES string of the molecule is Cc1cccc(C(=O)NCC(=O)N2CCN(c3ccc([N+](=O)[O-])c4cnccc34)CC2)c1. The Balaban J connectivity index is 1.38. The van der Waals surface area contributed by atoms with Gasteiger partial charge in [-0.2, -0.15) is 0 Å². The fourth-order valence-electron chi connectivity index (χ4n) is 3.95. The van der Waals surface area contributed by atoms with Crippen LogP contribution in [0.4, 0.5) is 11.4 Å². The van der Waals surface area contributed by atoms with Crippen molar-refractivity contribution in [3.05, 3.63) is 76.1 Å². The number of aryl methyl sites for hydroxylation is 1. The number of nitrogens with one attached hydrogen (secondary N) is 1. The van der Waals surface area contributed by atoms with E-state index in [-0.39, 0.29) is 24.0 Å². The van der Waals surface area contributed by atoms with Gasteiger partial charge < -0.3 is 15.1 Å². The average molecular weight is 433 g/mol. The number of rotatable bonds is 5. The van der Waals surface area contributed by atoms with Crippen LogP contribution in [-0.2, 0) is 4.79 Å². The van der Waals surface area contributed by atoms with Crippen molar-refractivity contribution in [1.82, 2.24) is 15.2 Å². The lowest BCUT2D eigenvalue weighted by Gasteiger charge is -2.36. The Kier molecular flexibility index (Phi) is 5.98. The van der Waals surface area contributed by atoms with Crippen LogP contribution >= 0.6 is 0 Å². The van der Waals surface area contributed by atoms with E-state index in [1.807, 2.05) is 19.1 Å². The lowest BCUT2D eigenvalue weighted by Crippen LogP contribution is -2.51. The molecule has 0 spiro atoms. The average Bonchev–Trinajstić information content (AvgIpc) is 2.81. The lowest BCUT2D eigenvalue weighted by atomic mass is 10.1. The third-order valence-electron chi connectivity index (χ3n) is 5.62. The smallest absolute Gasteiger partial charge is 0.278 e. The number of nitrogens with zero attached hydrogens (tertiary/aromatic N) is 4. The highest BCUT2D eigenvalue weighted by atomic mass is 16.6. The first-order valence-corrected chi connectivity index (χ1v) is 10.3. The Labute approximate surface area is 184 Å². The van der Waals surface area contributed by atoms with Gasteiger partial charge in [0.15, 0.2) is 0 Å². The van der Waals surface area contributed by atoms with Crippen LogP contribution in [0.15, 0.2) is 54.9 Å². The van der Waals surface area contributed by atoms with Crippen LogP contribution < -0.4 is 10.2 Å². The van der Waals surface area contributed by atoms with Crippen molar-refractivity contribution in [1.29, 1.82) is 0 Å². The summed E-state index contributed by atoms with van der Waals surface area (Å²) in [4.78, 5) is 43.6. The molecule has 2 amide bonds. The number of amides is 2. The number of carbonyl (C=O) groups is 2. The molecule has 9 nitrogen and oxygen atoms in total. The monoisotopic (exact) mass is 433 g/mol. The number of piperazine rings is 1. The van der Waals surface area contributed by atoms with E-state index in [0.717, 1.165) is 16.6 Å². The molecular weight excluding hydrogens is 410 g/mol. The maximum Gasteiger partial charge on any atom is 0.278 e. The summed E-state index contributed by atoms with van der Waals surface area (Å²) in [6.07, 6.45) is 3.12. The van der Waals surface area contributed by atoms with E-state index in [0.29, 0.717) is 37.1 Å². The van der Waals surface area contributed by atoms with Gasteiger partial charge in [0.2, 0.25) is 5.91 Å². The summed E-state index contributed by atoms with van der Waals surface area (Å²) >= 11 is 0. The van der Waals surface area contributed by atoms with Crippen LogP contribution in [-0.4, -0.2) is 59.3 Å². The van der Waals surface area contributed by atoms with Gasteiger partial charge in [-0.1, -0.05) is 17.7 Å². The second-order valence-corrected chi connectivity index (χ2v) is 7.70. The van der Waals surface area contributed by atoms with Crippen LogP contribution in [0.25, 0.3) is 10.8 Å². The number of benzene rings is 2. The van der Waals surface area contributed by atoms with Gasteiger partial charge in [0, 0.05) is 61.3 Å². The minimum atomic E-state index is -0.407. The van der Waals surface area contributed by atoms with Gasteiger partial charge in [0.05, 0.1) is 16.9 Å². The molecule has 0 saturated carbocycles. The van der Waals surface area contributed by atoms with E-state index in [4.69, 9.17) is 0 Å². The Bertz CT molecular complexity index is 1190. The number of non-ortho nitro benzene ring substituents is 1. The third-order valence-corrected chi connectivity index (χ3v) is 5.62. The van der Waals surface area contributed by atoms with Crippen LogP contribution in [0, 0.1) is 17.0 Å². The normalized spacial score (nSPS) is 13.8. The Hall–Kier alpha value is -4.01. The van der Waals surface area contributed by atoms with E-state index in [1.54, 1.807) is 35.4 Å². The fraction of sp³-hybridized carbons (Fsp3) is 0.261. The third kappa shape index (κ3) is 4.36. The summed E-state index contributed by atoms with van der Waals surface area (Å²) in [5.74, 6) is -0.407. The number of carbonyl (C=O) groups excluding carboxylic acids is 2. The molecule has 1 aliphatic heterocycles. The number of anilines is 1. The van der Waals surface area contributed by atoms with Gasteiger partial charge >= 0.3 is 0 Å². The molecule has 0 unspecified atom stereocenters. The quantitative estimate of drug-likeness (QED) is 0.489. The number of aromatic nitrogens is 1. The molecule has 9 heteroatoms. The maximum absolute atomic E-state index is 12.6. The van der Waals surface area contributed by atoms with E-state index in [1.165, 1.54) is 12.3 Å². The van der Waals surface area contributed by atoms with Crippen molar-refractivity contribution in [3.8, 4) is 0 Å². The minimum absolute atomic E-state index is 0.0232. The van der Waals surface area contributed by atoms with Crippen molar-refractivity contribution >= 4 is 34.0 Å². The second kappa shape index (κ2) is 9.01. The summed E-state index contributed by atoms with van der Waals surface area (Å²) in [6, 6.07) is 12.2. The topological polar surface area (TPSA) is 109 Å². The predicted molar refractivity (Wildman–Crippen MR) is 121 cm³/mol. The first-order chi connectivity index (χ1) is 15.4. The molecule has 1 fully saturated rings. The van der Waals surface area contributed by atoms with E-state index in [2.05, 4.69) is 15.2 Å². The largest absolute Gasteiger partial charge is 0.367 e. The van der Waals surface area contributed by atoms with Gasteiger partial charge in [-0.3, -0.25) is 24.7 Å². The van der Waals surface area contributed by atoms with E-state index in [9.17, 15) is 19.7 Å². The highest BCUT2D eigenvalue weighted by molar-refractivity contribution is 5.99. The van der Waals surface area contributed by atoms with E-state index < -0.39 is 4.92 Å². The number of hydrogen-bond acceptors (Lipinski definition) is 6. The molecular formula is C23H23N5O4. The molecule has 2 heterocycles. The molecule has 1 saturated heterocycles. The highest BCUT2D eigenvalue weighted by Gasteiger charge is 2.24. The molecule has 0 radical (unpaired) electrons. The van der Waals surface area contributed by atoms with Gasteiger partial charge in [-0.15, -0.1) is 0 Å². The zero-order valence-electron chi connectivity index (χ0n) is 17.7. The summed E-state index contributed by atoms with van der Waals surface area (Å²) < 4.78 is 0. The Morgan fingerprint density at radius 3 is 2.59 bits per heavy atom. The lowest BCUT2D eigenvalue weighted by molar-refractivity contribution is -0.383. The number of pyridine rings is 1. The van der Waals surface area contributed by atoms with Crippen LogP contribution in [0.1, 0.15) is 15.9 Å². The maximum atomic E-state index is 12.6. The van der Waals surface area contributed by atoms with Crippen molar-refractivity contribution in [2.45, 2.75) is 6.92 Å². The molecule has 1 N–H and O–H groups in total. The van der Waals surface area contributed by atoms with Crippen molar-refractivity contribution in [3.63, 3.8) is 0 Å². The standard InChI is InChI=1S/C23H23N5O4/c1-16-3-2-4-17(13-16)23(30)25-15-22(29)27-11-9-26(10-12-27)20-5-6-21(28(31)32)19-14-24-8-7-18(19)20/h2-8,13-14H,9-12,15H2,1H3,(H,25,30). The number of nitro groups is 1. The Morgan fingerprint density at radius 1 is 1.09 bits per heavy atom. The minimum Gasteiger partial charge on any atom is -0.367 e. The molecule has 3 aromatic rings. The summed E-state index contributed by atoms with van der Waals surface area (Å²) in [5, 5.41) is 15.3. The molecule has 164 valence electrons. The zero-order valence-corrected chi connectivity index (χ0v) is 17.7. The first kappa shape index (κ1) is 21.2. The number of nitro benzene ring substituents is 1. The number of fused-ring (bicyclic) bond motifs is 1. The predicted octanol–water partition coefficient (Wildman–Crippen LogP) is 2.53. The molecule has 2 aromatic carbocycles. The van der Waals surface area contributed by atoms with Crippen molar-refractivity contribution in [2.24, 2.45) is 0 Å². The van der Waals surface area contributed by atoms with E-state index >= 15 is 0 Å². The first-order valence-electron chi connectivity index (χ1n) is 10.3. The van der Waals surface area contributed by atoms with Crippen LogP contribution in [0.2, 0.25) is 0 Å². The van der Waals surface area contributed by atoms with Gasteiger partial charge in [0.25, 0.3) is 11.6 Å². The van der Waals surface area contributed by atoms with Crippen molar-refractivity contribution < 1.29 is 14.5 Å². The van der Waals surface area contributed by atoms with Crippen molar-refractivity contribution in [2.75, 3.05) is 37.6 Å². The summed E-state index contributed by atoms with van der Waals surface area (Å²) in [5.41, 5.74) is 2.42.